The van der Waals surface area contributed by atoms with Crippen LogP contribution in [-0.2, 0) is 16.1 Å². The summed E-state index contributed by atoms with van der Waals surface area (Å²) in [6, 6.07) is 10.9. The molecule has 1 fully saturated rings. The topological polar surface area (TPSA) is 139 Å². The molecular weight excluding hydrogens is 572 g/mol. The SMILES string of the molecule is O=C1CCC(N2C(=O)c3ccc(NCCCCCCn4cc(-c5nc6ccccc6nc5C(F)F)cn4)cc3C2=O)C(=O)N1. The van der Waals surface area contributed by atoms with Crippen LogP contribution in [0.3, 0.4) is 0 Å². The Morgan fingerprint density at radius 2 is 1.68 bits per heavy atom. The first-order valence-electron chi connectivity index (χ1n) is 14.5. The van der Waals surface area contributed by atoms with Crippen LogP contribution in [0, 0.1) is 0 Å². The lowest BCUT2D eigenvalue weighted by Gasteiger charge is -2.27. The molecule has 4 aromatic rings. The molecule has 4 amide bonds. The number of alkyl halides is 2. The van der Waals surface area contributed by atoms with Crippen molar-refractivity contribution in [3.63, 3.8) is 0 Å². The number of carbonyl (C=O) groups is 4. The second-order valence-electron chi connectivity index (χ2n) is 10.8. The second kappa shape index (κ2) is 12.3. The molecule has 226 valence electrons. The van der Waals surface area contributed by atoms with E-state index in [2.05, 4.69) is 25.7 Å². The number of aryl methyl sites for hydroxylation is 1. The summed E-state index contributed by atoms with van der Waals surface area (Å²) in [5.41, 5.74) is 2.41. The molecule has 2 N–H and O–H groups in total. The molecule has 2 aliphatic heterocycles. The smallest absolute Gasteiger partial charge is 0.282 e. The average molecular weight is 602 g/mol. The van der Waals surface area contributed by atoms with Crippen molar-refractivity contribution in [2.75, 3.05) is 11.9 Å². The highest BCUT2D eigenvalue weighted by Crippen LogP contribution is 2.31. The summed E-state index contributed by atoms with van der Waals surface area (Å²) in [6.07, 6.45) is 4.24. The van der Waals surface area contributed by atoms with Crippen molar-refractivity contribution < 1.29 is 28.0 Å². The summed E-state index contributed by atoms with van der Waals surface area (Å²) in [4.78, 5) is 59.0. The zero-order valence-corrected chi connectivity index (χ0v) is 23.6. The third-order valence-corrected chi connectivity index (χ3v) is 7.79. The summed E-state index contributed by atoms with van der Waals surface area (Å²) in [5, 5.41) is 9.80. The van der Waals surface area contributed by atoms with Crippen LogP contribution in [0.2, 0.25) is 0 Å². The van der Waals surface area contributed by atoms with Gasteiger partial charge in [-0.3, -0.25) is 34.1 Å². The van der Waals surface area contributed by atoms with E-state index in [1.165, 1.54) is 6.20 Å². The Kier molecular flexibility index (Phi) is 8.09. The molecule has 1 unspecified atom stereocenters. The highest BCUT2D eigenvalue weighted by atomic mass is 19.3. The molecule has 44 heavy (non-hydrogen) atoms. The molecule has 0 spiro atoms. The minimum atomic E-state index is -2.76. The highest BCUT2D eigenvalue weighted by molar-refractivity contribution is 6.23. The van der Waals surface area contributed by atoms with Gasteiger partial charge in [0.05, 0.1) is 28.4 Å². The molecule has 0 saturated carbocycles. The van der Waals surface area contributed by atoms with Crippen molar-refractivity contribution in [3.8, 4) is 11.3 Å². The van der Waals surface area contributed by atoms with Gasteiger partial charge in [0.15, 0.2) is 0 Å². The van der Waals surface area contributed by atoms with E-state index in [-0.39, 0.29) is 35.4 Å². The van der Waals surface area contributed by atoms with Crippen LogP contribution in [0.1, 0.15) is 71.4 Å². The van der Waals surface area contributed by atoms with Crippen LogP contribution in [0.15, 0.2) is 54.9 Å². The number of unbranched alkanes of at least 4 members (excludes halogenated alkanes) is 3. The van der Waals surface area contributed by atoms with E-state index in [0.29, 0.717) is 35.4 Å². The highest BCUT2D eigenvalue weighted by Gasteiger charge is 2.44. The van der Waals surface area contributed by atoms with E-state index in [4.69, 9.17) is 0 Å². The molecule has 4 heterocycles. The minimum Gasteiger partial charge on any atom is -0.385 e. The van der Waals surface area contributed by atoms with Crippen molar-refractivity contribution in [2.45, 2.75) is 57.5 Å². The number of rotatable bonds is 11. The van der Waals surface area contributed by atoms with E-state index < -0.39 is 36.1 Å². The number of anilines is 1. The van der Waals surface area contributed by atoms with Gasteiger partial charge < -0.3 is 5.32 Å². The number of hydrogen-bond acceptors (Lipinski definition) is 8. The third-order valence-electron chi connectivity index (χ3n) is 7.79. The van der Waals surface area contributed by atoms with Crippen LogP contribution < -0.4 is 10.6 Å². The van der Waals surface area contributed by atoms with Gasteiger partial charge in [-0.25, -0.2) is 18.7 Å². The predicted molar refractivity (Wildman–Crippen MR) is 156 cm³/mol. The predicted octanol–water partition coefficient (Wildman–Crippen LogP) is 4.50. The zero-order chi connectivity index (χ0) is 30.8. The monoisotopic (exact) mass is 601 g/mol. The average Bonchev–Trinajstić information content (AvgIpc) is 3.58. The molecule has 2 aromatic carbocycles. The molecule has 1 saturated heterocycles. The molecule has 11 nitrogen and oxygen atoms in total. The van der Waals surface area contributed by atoms with Gasteiger partial charge in [0, 0.05) is 37.0 Å². The Labute approximate surface area is 250 Å². The summed E-state index contributed by atoms with van der Waals surface area (Å²) >= 11 is 0. The Bertz CT molecular complexity index is 1770. The molecule has 1 atom stereocenters. The third kappa shape index (κ3) is 5.77. The number of fused-ring (bicyclic) bond motifs is 2. The van der Waals surface area contributed by atoms with Gasteiger partial charge in [0.25, 0.3) is 18.2 Å². The summed E-state index contributed by atoms with van der Waals surface area (Å²) in [5.74, 6) is -2.12. The van der Waals surface area contributed by atoms with Crippen molar-refractivity contribution in [1.29, 1.82) is 0 Å². The Morgan fingerprint density at radius 3 is 2.45 bits per heavy atom. The number of halogens is 2. The van der Waals surface area contributed by atoms with Crippen LogP contribution in [0.25, 0.3) is 22.3 Å². The van der Waals surface area contributed by atoms with Crippen molar-refractivity contribution in [3.05, 3.63) is 71.7 Å². The minimum absolute atomic E-state index is 0.0717. The normalized spacial score (nSPS) is 16.6. The largest absolute Gasteiger partial charge is 0.385 e. The van der Waals surface area contributed by atoms with Gasteiger partial charge in [-0.05, 0) is 49.6 Å². The van der Waals surface area contributed by atoms with Crippen LogP contribution in [0.4, 0.5) is 14.5 Å². The maximum absolute atomic E-state index is 13.7. The maximum Gasteiger partial charge on any atom is 0.282 e. The Morgan fingerprint density at radius 1 is 0.932 bits per heavy atom. The van der Waals surface area contributed by atoms with Crippen molar-refractivity contribution >= 4 is 40.3 Å². The molecule has 0 radical (unpaired) electrons. The van der Waals surface area contributed by atoms with E-state index in [1.54, 1.807) is 53.3 Å². The number of aromatic nitrogens is 4. The molecule has 13 heteroatoms. The number of nitrogens with zero attached hydrogens (tertiary/aromatic N) is 5. The molecule has 6 rings (SSSR count). The van der Waals surface area contributed by atoms with E-state index >= 15 is 0 Å². The maximum atomic E-state index is 13.7. The fourth-order valence-electron chi connectivity index (χ4n) is 5.55. The quantitative estimate of drug-likeness (QED) is 0.189. The van der Waals surface area contributed by atoms with Crippen molar-refractivity contribution in [1.82, 2.24) is 30.0 Å². The number of amides is 4. The van der Waals surface area contributed by atoms with Crippen molar-refractivity contribution in [2.24, 2.45) is 0 Å². The number of para-hydroxylation sites is 2. The first-order valence-corrected chi connectivity index (χ1v) is 14.5. The second-order valence-corrected chi connectivity index (χ2v) is 10.8. The van der Waals surface area contributed by atoms with E-state index in [1.807, 2.05) is 0 Å². The van der Waals surface area contributed by atoms with Gasteiger partial charge in [-0.2, -0.15) is 5.10 Å². The fraction of sp³-hybridized carbons (Fsp3) is 0.323. The number of hydrogen-bond donors (Lipinski definition) is 2. The van der Waals surface area contributed by atoms with Crippen LogP contribution in [-0.4, -0.2) is 60.9 Å². The van der Waals surface area contributed by atoms with Gasteiger partial charge in [-0.1, -0.05) is 25.0 Å². The van der Waals surface area contributed by atoms with Gasteiger partial charge in [0.1, 0.15) is 17.4 Å². The first-order chi connectivity index (χ1) is 21.3. The zero-order valence-electron chi connectivity index (χ0n) is 23.6. The molecule has 2 aromatic heterocycles. The Hall–Kier alpha value is -5.07. The molecular formula is C31H29F2N7O4. The standard InChI is InChI=1S/C31H29F2N7O4/c32-28(33)27-26(36-22-7-3-4-8-23(22)37-27)18-16-35-39(17-18)14-6-2-1-5-13-34-19-9-10-20-21(15-19)31(44)40(30(20)43)24-11-12-25(41)38-29(24)42/h3-4,7-10,15-17,24,28,34H,1-2,5-6,11-14H2,(H,38,41,42). The van der Waals surface area contributed by atoms with Gasteiger partial charge in [0.2, 0.25) is 11.8 Å². The number of benzene rings is 2. The summed E-state index contributed by atoms with van der Waals surface area (Å²) < 4.78 is 29.2. The Balaban J connectivity index is 0.969. The molecule has 0 aliphatic carbocycles. The number of carbonyl (C=O) groups excluding carboxylic acids is 4. The number of nitrogens with one attached hydrogen (secondary N) is 2. The molecule has 0 bridgehead atoms. The van der Waals surface area contributed by atoms with Crippen LogP contribution >= 0.6 is 0 Å². The number of imide groups is 2. The lowest BCUT2D eigenvalue weighted by molar-refractivity contribution is -0.136. The van der Waals surface area contributed by atoms with Gasteiger partial charge in [-0.15, -0.1) is 0 Å². The van der Waals surface area contributed by atoms with E-state index in [0.717, 1.165) is 30.6 Å². The lowest BCUT2D eigenvalue weighted by Crippen LogP contribution is -2.54. The molecule has 2 aliphatic rings. The van der Waals surface area contributed by atoms with Gasteiger partial charge >= 0.3 is 0 Å². The summed E-state index contributed by atoms with van der Waals surface area (Å²) in [7, 11) is 0. The summed E-state index contributed by atoms with van der Waals surface area (Å²) in [6.45, 7) is 1.28. The van der Waals surface area contributed by atoms with Crippen LogP contribution in [0.5, 0.6) is 0 Å². The first kappa shape index (κ1) is 29.0. The number of piperidine rings is 1. The lowest BCUT2D eigenvalue weighted by atomic mass is 10.0. The van der Waals surface area contributed by atoms with E-state index in [9.17, 15) is 28.0 Å². The fourth-order valence-corrected chi connectivity index (χ4v) is 5.55.